The standard InChI is InChI=1S/C33H48N6O7S/c1-32(2,3)46-31(43)35-25-15-8-6-4-5-7-14-24-21-33(24,36-28(40)27-17-12-19-38(27)29(25)41)30(42)37-47(44,45)39-20-10-9-16-26(39)23-13-11-18-34-22-23/h7,11,13-14,18,22,24-27H,4-6,8-10,12,15-17,19-21H2,1-3H3,(H,35,43)(H,36,40)(H,37,42)/b14-7-. The molecule has 0 radical (unpaired) electrons. The molecular weight excluding hydrogens is 624 g/mol. The zero-order valence-corrected chi connectivity index (χ0v) is 28.4. The third-order valence-corrected chi connectivity index (χ3v) is 10.9. The molecule has 5 unspecified atom stereocenters. The molecule has 47 heavy (non-hydrogen) atoms. The van der Waals surface area contributed by atoms with E-state index >= 15 is 0 Å². The molecule has 0 aromatic carbocycles. The summed E-state index contributed by atoms with van der Waals surface area (Å²) in [6.07, 6.45) is 13.2. The molecule has 4 heterocycles. The van der Waals surface area contributed by atoms with Crippen LogP contribution in [0.1, 0.15) is 103 Å². The molecule has 1 saturated carbocycles. The van der Waals surface area contributed by atoms with Gasteiger partial charge >= 0.3 is 16.3 Å². The lowest BCUT2D eigenvalue weighted by Gasteiger charge is -2.35. The number of fused-ring (bicyclic) bond motifs is 2. The first-order valence-corrected chi connectivity index (χ1v) is 18.3. The quantitative estimate of drug-likeness (QED) is 0.401. The van der Waals surface area contributed by atoms with Crippen molar-refractivity contribution in [2.24, 2.45) is 5.92 Å². The smallest absolute Gasteiger partial charge is 0.408 e. The Morgan fingerprint density at radius 3 is 2.53 bits per heavy atom. The van der Waals surface area contributed by atoms with Crippen molar-refractivity contribution in [1.82, 2.24) is 29.5 Å². The number of nitrogens with one attached hydrogen (secondary N) is 3. The number of nitrogens with zero attached hydrogens (tertiary/aromatic N) is 3. The van der Waals surface area contributed by atoms with E-state index in [4.69, 9.17) is 4.74 Å². The van der Waals surface area contributed by atoms with Crippen molar-refractivity contribution in [2.75, 3.05) is 13.1 Å². The number of allylic oxidation sites excluding steroid dienone is 1. The van der Waals surface area contributed by atoms with E-state index in [-0.39, 0.29) is 18.9 Å². The Bertz CT molecular complexity index is 1460. The number of hydrogen-bond donors (Lipinski definition) is 3. The Morgan fingerprint density at radius 1 is 1.02 bits per heavy atom. The van der Waals surface area contributed by atoms with Crippen molar-refractivity contribution in [3.63, 3.8) is 0 Å². The molecular formula is C33H48N6O7S. The average Bonchev–Trinajstić information content (AvgIpc) is 3.48. The molecule has 3 fully saturated rings. The molecule has 13 nitrogen and oxygen atoms in total. The maximum Gasteiger partial charge on any atom is 0.408 e. The summed E-state index contributed by atoms with van der Waals surface area (Å²) in [7, 11) is -4.27. The van der Waals surface area contributed by atoms with Crippen molar-refractivity contribution < 1.29 is 32.3 Å². The van der Waals surface area contributed by atoms with Crippen LogP contribution in [-0.4, -0.2) is 82.7 Å². The third-order valence-electron chi connectivity index (χ3n) is 9.38. The van der Waals surface area contributed by atoms with Crippen molar-refractivity contribution in [3.05, 3.63) is 42.2 Å². The highest BCUT2D eigenvalue weighted by Crippen LogP contribution is 2.46. The van der Waals surface area contributed by atoms with E-state index in [1.165, 1.54) is 9.21 Å². The third kappa shape index (κ3) is 8.32. The Labute approximate surface area is 277 Å². The first kappa shape index (κ1) is 34.8. The summed E-state index contributed by atoms with van der Waals surface area (Å²) < 4.78 is 36.5. The number of alkyl carbamates (subject to hydrolysis) is 1. The molecule has 2 saturated heterocycles. The Hall–Kier alpha value is -3.52. The van der Waals surface area contributed by atoms with Crippen LogP contribution in [0.5, 0.6) is 0 Å². The number of piperidine rings is 1. The number of aromatic nitrogens is 1. The van der Waals surface area contributed by atoms with Crippen molar-refractivity contribution in [1.29, 1.82) is 0 Å². The molecule has 0 spiro atoms. The van der Waals surface area contributed by atoms with Gasteiger partial charge in [-0.1, -0.05) is 37.5 Å². The summed E-state index contributed by atoms with van der Waals surface area (Å²) in [5.41, 5.74) is -1.46. The summed E-state index contributed by atoms with van der Waals surface area (Å²) in [6, 6.07) is 1.40. The Balaban J connectivity index is 1.35. The van der Waals surface area contributed by atoms with Gasteiger partial charge in [0, 0.05) is 31.4 Å². The molecule has 258 valence electrons. The minimum atomic E-state index is -4.27. The molecule has 4 aliphatic rings. The number of rotatable bonds is 5. The van der Waals surface area contributed by atoms with Gasteiger partial charge in [-0.05, 0) is 83.8 Å². The maximum absolute atomic E-state index is 13.9. The highest BCUT2D eigenvalue weighted by atomic mass is 32.2. The Kier molecular flexibility index (Phi) is 10.6. The molecule has 0 bridgehead atoms. The normalized spacial score (nSPS) is 30.1. The number of pyridine rings is 1. The zero-order chi connectivity index (χ0) is 33.8. The first-order valence-electron chi connectivity index (χ1n) is 16.8. The molecule has 5 atom stereocenters. The van der Waals surface area contributed by atoms with Crippen LogP contribution < -0.4 is 15.4 Å². The Morgan fingerprint density at radius 2 is 1.79 bits per heavy atom. The fourth-order valence-corrected chi connectivity index (χ4v) is 8.37. The lowest BCUT2D eigenvalue weighted by atomic mass is 9.99. The lowest BCUT2D eigenvalue weighted by molar-refractivity contribution is -0.141. The van der Waals surface area contributed by atoms with Crippen LogP contribution >= 0.6 is 0 Å². The van der Waals surface area contributed by atoms with E-state index in [1.807, 2.05) is 18.2 Å². The fraction of sp³-hybridized carbons (Fsp3) is 0.667. The molecule has 3 aliphatic heterocycles. The molecule has 3 N–H and O–H groups in total. The number of hydrogen-bond acceptors (Lipinski definition) is 8. The number of carbonyl (C=O) groups is 4. The van der Waals surface area contributed by atoms with Crippen molar-refractivity contribution >= 4 is 34.0 Å². The van der Waals surface area contributed by atoms with Crippen LogP contribution in [-0.2, 0) is 29.3 Å². The number of amides is 4. The highest BCUT2D eigenvalue weighted by Gasteiger charge is 2.61. The van der Waals surface area contributed by atoms with E-state index in [2.05, 4.69) is 20.3 Å². The largest absolute Gasteiger partial charge is 0.444 e. The van der Waals surface area contributed by atoms with Crippen LogP contribution in [0.2, 0.25) is 0 Å². The maximum atomic E-state index is 13.9. The van der Waals surface area contributed by atoms with Gasteiger partial charge in [0.2, 0.25) is 11.8 Å². The summed E-state index contributed by atoms with van der Waals surface area (Å²) in [4.78, 5) is 59.9. The van der Waals surface area contributed by atoms with Gasteiger partial charge in [0.1, 0.15) is 23.2 Å². The van der Waals surface area contributed by atoms with Crippen LogP contribution in [0.4, 0.5) is 4.79 Å². The number of carbonyl (C=O) groups excluding carboxylic acids is 4. The second-order valence-corrected chi connectivity index (χ2v) is 15.7. The topological polar surface area (TPSA) is 167 Å². The van der Waals surface area contributed by atoms with Gasteiger partial charge in [-0.15, -0.1) is 0 Å². The van der Waals surface area contributed by atoms with Gasteiger partial charge < -0.3 is 20.3 Å². The molecule has 4 amide bonds. The molecule has 1 aromatic rings. The van der Waals surface area contributed by atoms with Crippen LogP contribution in [0.15, 0.2) is 36.7 Å². The molecule has 5 rings (SSSR count). The predicted molar refractivity (Wildman–Crippen MR) is 174 cm³/mol. The van der Waals surface area contributed by atoms with Gasteiger partial charge in [0.15, 0.2) is 0 Å². The summed E-state index contributed by atoms with van der Waals surface area (Å²) in [5, 5.41) is 5.61. The molecule has 1 aliphatic carbocycles. The molecule has 14 heteroatoms. The average molecular weight is 673 g/mol. The fourth-order valence-electron chi connectivity index (χ4n) is 6.91. The van der Waals surface area contributed by atoms with Crippen molar-refractivity contribution in [2.45, 2.75) is 121 Å². The second kappa shape index (κ2) is 14.3. The van der Waals surface area contributed by atoms with E-state index in [1.54, 1.807) is 39.2 Å². The first-order chi connectivity index (χ1) is 22.3. The minimum Gasteiger partial charge on any atom is -0.444 e. The molecule has 1 aromatic heterocycles. The van der Waals surface area contributed by atoms with E-state index in [0.717, 1.165) is 24.8 Å². The van der Waals surface area contributed by atoms with Gasteiger partial charge in [0.25, 0.3) is 5.91 Å². The predicted octanol–water partition coefficient (Wildman–Crippen LogP) is 3.25. The highest BCUT2D eigenvalue weighted by molar-refractivity contribution is 7.87. The SMILES string of the molecule is CC(C)(C)OC(=O)NC1CCCCC/C=C\C2CC2(C(=O)NS(=O)(=O)N2CCCCC2c2cccnc2)NC(=O)C2CCCN2C1=O. The summed E-state index contributed by atoms with van der Waals surface area (Å²) in [6.45, 7) is 5.81. The van der Waals surface area contributed by atoms with Crippen LogP contribution in [0.3, 0.4) is 0 Å². The van der Waals surface area contributed by atoms with Gasteiger partial charge in [-0.3, -0.25) is 19.4 Å². The van der Waals surface area contributed by atoms with Gasteiger partial charge in [0.05, 0.1) is 6.04 Å². The van der Waals surface area contributed by atoms with Gasteiger partial charge in [-0.25, -0.2) is 9.52 Å². The number of ether oxygens (including phenoxy) is 1. The minimum absolute atomic E-state index is 0.242. The van der Waals surface area contributed by atoms with E-state index < -0.39 is 63.3 Å². The van der Waals surface area contributed by atoms with Gasteiger partial charge in [-0.2, -0.15) is 12.7 Å². The van der Waals surface area contributed by atoms with Crippen LogP contribution in [0.25, 0.3) is 0 Å². The summed E-state index contributed by atoms with van der Waals surface area (Å²) >= 11 is 0. The van der Waals surface area contributed by atoms with E-state index in [0.29, 0.717) is 51.5 Å². The van der Waals surface area contributed by atoms with E-state index in [9.17, 15) is 27.6 Å². The van der Waals surface area contributed by atoms with Crippen LogP contribution in [0, 0.1) is 5.92 Å². The monoisotopic (exact) mass is 672 g/mol. The second-order valence-electron chi connectivity index (χ2n) is 14.1. The van der Waals surface area contributed by atoms with Crippen molar-refractivity contribution in [3.8, 4) is 0 Å². The lowest BCUT2D eigenvalue weighted by Crippen LogP contribution is -2.59. The summed E-state index contributed by atoms with van der Waals surface area (Å²) in [5.74, 6) is -2.08. The zero-order valence-electron chi connectivity index (χ0n) is 27.6.